The maximum Gasteiger partial charge on any atom is 0.337 e. The lowest BCUT2D eigenvalue weighted by Crippen LogP contribution is -2.00. The van der Waals surface area contributed by atoms with E-state index in [-0.39, 0.29) is 5.97 Å². The molecule has 0 radical (unpaired) electrons. The summed E-state index contributed by atoms with van der Waals surface area (Å²) in [6, 6.07) is 8.60. The molecule has 0 aliphatic rings. The van der Waals surface area contributed by atoms with Crippen LogP contribution in [0, 0.1) is 6.92 Å². The molecule has 1 heterocycles. The lowest BCUT2D eigenvalue weighted by molar-refractivity contribution is 0.0600. The van der Waals surface area contributed by atoms with E-state index >= 15 is 0 Å². The smallest absolute Gasteiger partial charge is 0.337 e. The number of pyridine rings is 1. The number of hydrogen-bond donors (Lipinski definition) is 0. The molecule has 0 aliphatic heterocycles. The van der Waals surface area contributed by atoms with Gasteiger partial charge in [-0.3, -0.25) is 0 Å². The SMILES string of the molecule is COC(=O)c1ccc(Oc2ncc(C)cc2Br)cc1. The van der Waals surface area contributed by atoms with E-state index in [0.29, 0.717) is 17.2 Å². The molecule has 0 saturated heterocycles. The average molecular weight is 322 g/mol. The van der Waals surface area contributed by atoms with Gasteiger partial charge in [0, 0.05) is 6.20 Å². The molecule has 0 unspecified atom stereocenters. The fourth-order valence-corrected chi connectivity index (χ4v) is 2.03. The molecule has 5 heteroatoms. The van der Waals surface area contributed by atoms with E-state index < -0.39 is 0 Å². The molecule has 1 aromatic carbocycles. The number of benzene rings is 1. The number of aryl methyl sites for hydroxylation is 1. The molecule has 1 aromatic heterocycles. The third-order valence-corrected chi connectivity index (χ3v) is 3.00. The van der Waals surface area contributed by atoms with Gasteiger partial charge < -0.3 is 9.47 Å². The molecule has 0 spiro atoms. The second-order valence-electron chi connectivity index (χ2n) is 3.92. The van der Waals surface area contributed by atoms with Gasteiger partial charge in [-0.25, -0.2) is 9.78 Å². The van der Waals surface area contributed by atoms with Crippen LogP contribution in [0.3, 0.4) is 0 Å². The van der Waals surface area contributed by atoms with Crippen molar-refractivity contribution in [1.82, 2.24) is 4.98 Å². The Morgan fingerprint density at radius 3 is 2.53 bits per heavy atom. The summed E-state index contributed by atoms with van der Waals surface area (Å²) >= 11 is 3.39. The molecular weight excluding hydrogens is 310 g/mol. The van der Waals surface area contributed by atoms with Gasteiger partial charge in [-0.05, 0) is 58.7 Å². The van der Waals surface area contributed by atoms with Crippen LogP contribution in [-0.2, 0) is 4.74 Å². The summed E-state index contributed by atoms with van der Waals surface area (Å²) in [5.74, 6) is 0.710. The normalized spacial score (nSPS) is 10.1. The Bertz CT molecular complexity index is 596. The number of halogens is 1. The van der Waals surface area contributed by atoms with Gasteiger partial charge in [0.2, 0.25) is 5.88 Å². The molecule has 0 fully saturated rings. The van der Waals surface area contributed by atoms with Gasteiger partial charge in [0.1, 0.15) is 5.75 Å². The summed E-state index contributed by atoms with van der Waals surface area (Å²) in [6.45, 7) is 1.95. The minimum absolute atomic E-state index is 0.374. The minimum Gasteiger partial charge on any atom is -0.465 e. The predicted molar refractivity (Wildman–Crippen MR) is 74.5 cm³/mol. The molecule has 98 valence electrons. The Balaban J connectivity index is 2.17. The lowest BCUT2D eigenvalue weighted by atomic mass is 10.2. The highest BCUT2D eigenvalue weighted by Crippen LogP contribution is 2.28. The molecule has 2 rings (SSSR count). The van der Waals surface area contributed by atoms with Gasteiger partial charge in [-0.2, -0.15) is 0 Å². The number of carbonyl (C=O) groups is 1. The molecule has 0 N–H and O–H groups in total. The zero-order valence-electron chi connectivity index (χ0n) is 10.5. The third-order valence-electron chi connectivity index (χ3n) is 2.43. The Labute approximate surface area is 119 Å². The maximum absolute atomic E-state index is 11.3. The molecular formula is C14H12BrNO3. The van der Waals surface area contributed by atoms with Crippen molar-refractivity contribution in [3.8, 4) is 11.6 Å². The minimum atomic E-state index is -0.374. The Morgan fingerprint density at radius 1 is 1.26 bits per heavy atom. The average Bonchev–Trinajstić information content (AvgIpc) is 2.42. The fraction of sp³-hybridized carbons (Fsp3) is 0.143. The Morgan fingerprint density at radius 2 is 1.95 bits per heavy atom. The highest BCUT2D eigenvalue weighted by molar-refractivity contribution is 9.10. The number of rotatable bonds is 3. The maximum atomic E-state index is 11.3. The molecule has 0 atom stereocenters. The summed E-state index contributed by atoms with van der Waals surface area (Å²) in [4.78, 5) is 15.5. The fourth-order valence-electron chi connectivity index (χ4n) is 1.48. The van der Waals surface area contributed by atoms with Crippen LogP contribution in [0.2, 0.25) is 0 Å². The van der Waals surface area contributed by atoms with Crippen molar-refractivity contribution in [1.29, 1.82) is 0 Å². The van der Waals surface area contributed by atoms with Crippen molar-refractivity contribution in [2.75, 3.05) is 7.11 Å². The molecule has 0 saturated carbocycles. The summed E-state index contributed by atoms with van der Waals surface area (Å²) in [5.41, 5.74) is 1.52. The van der Waals surface area contributed by atoms with Gasteiger partial charge >= 0.3 is 5.97 Å². The third kappa shape index (κ3) is 3.32. The molecule has 4 nitrogen and oxygen atoms in total. The van der Waals surface area contributed by atoms with Crippen LogP contribution in [0.25, 0.3) is 0 Å². The highest BCUT2D eigenvalue weighted by atomic mass is 79.9. The van der Waals surface area contributed by atoms with Crippen LogP contribution < -0.4 is 4.74 Å². The van der Waals surface area contributed by atoms with Crippen LogP contribution in [-0.4, -0.2) is 18.1 Å². The zero-order chi connectivity index (χ0) is 13.8. The van der Waals surface area contributed by atoms with Crippen LogP contribution >= 0.6 is 15.9 Å². The van der Waals surface area contributed by atoms with Crippen LogP contribution in [0.1, 0.15) is 15.9 Å². The zero-order valence-corrected chi connectivity index (χ0v) is 12.1. The standard InChI is InChI=1S/C14H12BrNO3/c1-9-7-12(15)13(16-8-9)19-11-5-3-10(4-6-11)14(17)18-2/h3-8H,1-2H3. The van der Waals surface area contributed by atoms with E-state index in [0.717, 1.165) is 10.0 Å². The van der Waals surface area contributed by atoms with Gasteiger partial charge in [0.05, 0.1) is 17.1 Å². The van der Waals surface area contributed by atoms with Crippen molar-refractivity contribution >= 4 is 21.9 Å². The van der Waals surface area contributed by atoms with Crippen molar-refractivity contribution in [2.24, 2.45) is 0 Å². The first-order valence-corrected chi connectivity index (χ1v) is 6.38. The van der Waals surface area contributed by atoms with Crippen molar-refractivity contribution in [3.63, 3.8) is 0 Å². The first kappa shape index (κ1) is 13.5. The van der Waals surface area contributed by atoms with E-state index in [1.807, 2.05) is 13.0 Å². The largest absolute Gasteiger partial charge is 0.465 e. The summed E-state index contributed by atoms with van der Waals surface area (Å²) in [5, 5.41) is 0. The van der Waals surface area contributed by atoms with E-state index in [9.17, 15) is 4.79 Å². The second-order valence-corrected chi connectivity index (χ2v) is 4.77. The highest BCUT2D eigenvalue weighted by Gasteiger charge is 2.07. The van der Waals surface area contributed by atoms with Gasteiger partial charge in [-0.15, -0.1) is 0 Å². The molecule has 2 aromatic rings. The lowest BCUT2D eigenvalue weighted by Gasteiger charge is -2.07. The summed E-state index contributed by atoms with van der Waals surface area (Å²) in [6.07, 6.45) is 1.73. The number of methoxy groups -OCH3 is 1. The second kappa shape index (κ2) is 5.84. The molecule has 19 heavy (non-hydrogen) atoms. The number of carbonyl (C=O) groups excluding carboxylic acids is 1. The van der Waals surface area contributed by atoms with E-state index in [1.54, 1.807) is 30.5 Å². The number of nitrogens with zero attached hydrogens (tertiary/aromatic N) is 1. The first-order chi connectivity index (χ1) is 9.10. The topological polar surface area (TPSA) is 48.4 Å². The molecule has 0 amide bonds. The van der Waals surface area contributed by atoms with Crippen molar-refractivity contribution in [3.05, 3.63) is 52.1 Å². The number of aromatic nitrogens is 1. The van der Waals surface area contributed by atoms with Crippen LogP contribution in [0.15, 0.2) is 41.0 Å². The predicted octanol–water partition coefficient (Wildman–Crippen LogP) is 3.73. The van der Waals surface area contributed by atoms with Gasteiger partial charge in [0.25, 0.3) is 0 Å². The Kier molecular flexibility index (Phi) is 4.16. The summed E-state index contributed by atoms with van der Waals surface area (Å²) < 4.78 is 11.0. The summed E-state index contributed by atoms with van der Waals surface area (Å²) in [7, 11) is 1.35. The monoisotopic (exact) mass is 321 g/mol. The van der Waals surface area contributed by atoms with E-state index in [1.165, 1.54) is 7.11 Å². The quantitative estimate of drug-likeness (QED) is 0.808. The number of esters is 1. The number of hydrogen-bond acceptors (Lipinski definition) is 4. The van der Waals surface area contributed by atoms with Gasteiger partial charge in [-0.1, -0.05) is 0 Å². The molecule has 0 aliphatic carbocycles. The first-order valence-electron chi connectivity index (χ1n) is 5.58. The Hall–Kier alpha value is -1.88. The van der Waals surface area contributed by atoms with Crippen LogP contribution in [0.5, 0.6) is 11.6 Å². The molecule has 0 bridgehead atoms. The van der Waals surface area contributed by atoms with E-state index in [4.69, 9.17) is 4.74 Å². The number of ether oxygens (including phenoxy) is 2. The van der Waals surface area contributed by atoms with Crippen molar-refractivity contribution < 1.29 is 14.3 Å². The van der Waals surface area contributed by atoms with Crippen LogP contribution in [0.4, 0.5) is 0 Å². The van der Waals surface area contributed by atoms with Gasteiger partial charge in [0.15, 0.2) is 0 Å². The van der Waals surface area contributed by atoms with E-state index in [2.05, 4.69) is 25.7 Å². The van der Waals surface area contributed by atoms with Crippen molar-refractivity contribution in [2.45, 2.75) is 6.92 Å².